The zero-order chi connectivity index (χ0) is 27.4. The summed E-state index contributed by atoms with van der Waals surface area (Å²) in [6.07, 6.45) is 1.48. The highest BCUT2D eigenvalue weighted by Gasteiger charge is 2.45. The number of ether oxygens (including phenoxy) is 1. The predicted molar refractivity (Wildman–Crippen MR) is 139 cm³/mol. The number of nitrogens with two attached hydrogens (primary N) is 1. The largest absolute Gasteiger partial charge is 0.479 e. The lowest BCUT2D eigenvalue weighted by Crippen LogP contribution is -2.48. The van der Waals surface area contributed by atoms with E-state index in [4.69, 9.17) is 10.5 Å². The number of carboxylic acid groups (broad SMARTS) is 1. The van der Waals surface area contributed by atoms with Crippen LogP contribution in [0.3, 0.4) is 0 Å². The Morgan fingerprint density at radius 3 is 2.35 bits per heavy atom. The third kappa shape index (κ3) is 6.70. The van der Waals surface area contributed by atoms with Gasteiger partial charge >= 0.3 is 12.1 Å². The first kappa shape index (κ1) is 28.2. The van der Waals surface area contributed by atoms with Crippen LogP contribution in [-0.2, 0) is 30.7 Å². The van der Waals surface area contributed by atoms with Crippen LogP contribution in [0.25, 0.3) is 0 Å². The number of rotatable bonds is 8. The molecule has 0 fully saturated rings. The molecule has 0 bridgehead atoms. The number of benzene rings is 1. The smallest absolute Gasteiger partial charge is 0.408 e. The summed E-state index contributed by atoms with van der Waals surface area (Å²) in [6.45, 7) is 4.90. The van der Waals surface area contributed by atoms with E-state index in [1.54, 1.807) is 45.0 Å². The van der Waals surface area contributed by atoms with Crippen molar-refractivity contribution in [2.75, 3.05) is 0 Å². The molecule has 0 radical (unpaired) electrons. The molecule has 2 aromatic heterocycles. The van der Waals surface area contributed by atoms with E-state index >= 15 is 0 Å². The third-order valence-corrected chi connectivity index (χ3v) is 7.92. The molecule has 1 amide bonds. The quantitative estimate of drug-likeness (QED) is 0.355. The van der Waals surface area contributed by atoms with Crippen molar-refractivity contribution in [3.63, 3.8) is 0 Å². The van der Waals surface area contributed by atoms with Crippen molar-refractivity contribution < 1.29 is 27.9 Å². The van der Waals surface area contributed by atoms with E-state index in [2.05, 4.69) is 31.2 Å². The van der Waals surface area contributed by atoms with Gasteiger partial charge in [0.2, 0.25) is 9.84 Å². The topological polar surface area (TPSA) is 162 Å². The summed E-state index contributed by atoms with van der Waals surface area (Å²) < 4.78 is 33.7. The van der Waals surface area contributed by atoms with Crippen molar-refractivity contribution in [3.8, 4) is 0 Å². The van der Waals surface area contributed by atoms with Gasteiger partial charge in [-0.1, -0.05) is 34.1 Å². The summed E-state index contributed by atoms with van der Waals surface area (Å²) in [6, 6.07) is 12.4. The van der Waals surface area contributed by atoms with Crippen molar-refractivity contribution in [1.29, 1.82) is 0 Å². The number of amides is 1. The van der Waals surface area contributed by atoms with Crippen molar-refractivity contribution >= 4 is 37.8 Å². The SMILES string of the molecule is CC(C)(C)OC(=O)NC(C(=O)O)c1cccc(C(N)(Cc2ccc(Br)cc2)S(=O)(=O)c2cccnc2)n1. The Labute approximate surface area is 223 Å². The molecule has 3 rings (SSSR count). The van der Waals surface area contributed by atoms with Gasteiger partial charge in [-0.3, -0.25) is 9.97 Å². The molecule has 0 aliphatic heterocycles. The minimum absolute atomic E-state index is 0.103. The molecule has 3 aromatic rings. The number of sulfone groups is 1. The van der Waals surface area contributed by atoms with Crippen LogP contribution in [0.4, 0.5) is 4.79 Å². The number of nitrogens with one attached hydrogen (secondary N) is 1. The third-order valence-electron chi connectivity index (χ3n) is 5.21. The maximum atomic E-state index is 13.9. The Morgan fingerprint density at radius 1 is 1.11 bits per heavy atom. The lowest BCUT2D eigenvalue weighted by molar-refractivity contribution is -0.139. The number of hydrogen-bond acceptors (Lipinski definition) is 8. The van der Waals surface area contributed by atoms with E-state index < -0.39 is 38.4 Å². The molecule has 0 spiro atoms. The molecule has 12 heteroatoms. The second-order valence-corrected chi connectivity index (χ2v) is 12.4. The maximum absolute atomic E-state index is 13.9. The fraction of sp³-hybridized carbons (Fsp3) is 0.280. The zero-order valence-electron chi connectivity index (χ0n) is 20.4. The molecule has 0 aliphatic carbocycles. The number of carbonyl (C=O) groups is 2. The van der Waals surface area contributed by atoms with Gasteiger partial charge in [-0.05, 0) is 62.7 Å². The summed E-state index contributed by atoms with van der Waals surface area (Å²) in [4.78, 5) is 30.3. The number of alkyl carbamates (subject to hydrolysis) is 1. The average Bonchev–Trinajstić information content (AvgIpc) is 2.83. The molecule has 10 nitrogen and oxygen atoms in total. The Hall–Kier alpha value is -3.35. The van der Waals surface area contributed by atoms with Gasteiger partial charge in [0.15, 0.2) is 10.9 Å². The van der Waals surface area contributed by atoms with Crippen molar-refractivity contribution in [1.82, 2.24) is 15.3 Å². The van der Waals surface area contributed by atoms with Gasteiger partial charge in [0.05, 0.1) is 16.3 Å². The van der Waals surface area contributed by atoms with Crippen LogP contribution in [0.1, 0.15) is 43.8 Å². The number of aliphatic carboxylic acids is 1. The standard InChI is InChI=1S/C25H27BrN4O6S/c1-24(2,3)36-23(33)30-21(22(31)32)19-7-4-8-20(29-19)25(27,14-16-9-11-17(26)12-10-16)37(34,35)18-6-5-13-28-15-18/h4-13,15,21H,14,27H2,1-3H3,(H,30,33)(H,31,32). The molecule has 2 heterocycles. The van der Waals surface area contributed by atoms with Crippen LogP contribution in [0.15, 0.2) is 76.4 Å². The zero-order valence-corrected chi connectivity index (χ0v) is 22.8. The molecule has 0 saturated heterocycles. The van der Waals surface area contributed by atoms with E-state index in [-0.39, 0.29) is 22.7 Å². The van der Waals surface area contributed by atoms with Gasteiger partial charge in [-0.25, -0.2) is 18.0 Å². The van der Waals surface area contributed by atoms with Crippen LogP contribution < -0.4 is 11.1 Å². The maximum Gasteiger partial charge on any atom is 0.408 e. The fourth-order valence-electron chi connectivity index (χ4n) is 3.48. The average molecular weight is 591 g/mol. The summed E-state index contributed by atoms with van der Waals surface area (Å²) >= 11 is 3.35. The van der Waals surface area contributed by atoms with Crippen LogP contribution in [0.2, 0.25) is 0 Å². The van der Waals surface area contributed by atoms with Crippen molar-refractivity contribution in [2.45, 2.75) is 48.6 Å². The van der Waals surface area contributed by atoms with Crippen LogP contribution in [0, 0.1) is 0 Å². The predicted octanol–water partition coefficient (Wildman–Crippen LogP) is 3.72. The molecule has 1 aromatic carbocycles. The van der Waals surface area contributed by atoms with E-state index in [1.807, 2.05) is 0 Å². The van der Waals surface area contributed by atoms with Crippen LogP contribution >= 0.6 is 15.9 Å². The van der Waals surface area contributed by atoms with Crippen LogP contribution in [-0.4, -0.2) is 41.2 Å². The molecule has 4 N–H and O–H groups in total. The first-order valence-electron chi connectivity index (χ1n) is 11.1. The Kier molecular flexibility index (Phi) is 8.35. The lowest BCUT2D eigenvalue weighted by Gasteiger charge is -2.30. The normalized spacial score (nSPS) is 14.3. The molecular formula is C25H27BrN4O6S. The summed E-state index contributed by atoms with van der Waals surface area (Å²) in [5.74, 6) is -1.42. The number of nitrogens with zero attached hydrogens (tertiary/aromatic N) is 2. The molecular weight excluding hydrogens is 564 g/mol. The van der Waals surface area contributed by atoms with Crippen molar-refractivity contribution in [2.24, 2.45) is 5.73 Å². The number of hydrogen-bond donors (Lipinski definition) is 3. The second kappa shape index (κ2) is 11.0. The minimum Gasteiger partial charge on any atom is -0.479 e. The van der Waals surface area contributed by atoms with Crippen molar-refractivity contribution in [3.05, 3.63) is 88.4 Å². The highest BCUT2D eigenvalue weighted by molar-refractivity contribution is 9.10. The number of carbonyl (C=O) groups excluding carboxylic acids is 1. The number of pyridine rings is 2. The highest BCUT2D eigenvalue weighted by Crippen LogP contribution is 2.34. The second-order valence-electron chi connectivity index (χ2n) is 9.25. The number of carboxylic acids is 1. The Bertz CT molecular complexity index is 1380. The Balaban J connectivity index is 2.11. The molecule has 0 aliphatic rings. The van der Waals surface area contributed by atoms with Gasteiger partial charge in [0.25, 0.3) is 0 Å². The monoisotopic (exact) mass is 590 g/mol. The summed E-state index contributed by atoms with van der Waals surface area (Å²) in [5, 5.41) is 12.1. The van der Waals surface area contributed by atoms with Gasteiger partial charge in [0, 0.05) is 23.3 Å². The lowest BCUT2D eigenvalue weighted by atomic mass is 10.0. The molecule has 2 atom stereocenters. The van der Waals surface area contributed by atoms with E-state index in [0.29, 0.717) is 5.56 Å². The Morgan fingerprint density at radius 2 is 1.78 bits per heavy atom. The van der Waals surface area contributed by atoms with Gasteiger partial charge in [-0.2, -0.15) is 0 Å². The fourth-order valence-corrected chi connectivity index (χ4v) is 5.37. The molecule has 2 unspecified atom stereocenters. The number of halogens is 1. The minimum atomic E-state index is -4.29. The van der Waals surface area contributed by atoms with Crippen LogP contribution in [0.5, 0.6) is 0 Å². The van der Waals surface area contributed by atoms with E-state index in [1.165, 1.54) is 42.7 Å². The van der Waals surface area contributed by atoms with Gasteiger partial charge < -0.3 is 20.9 Å². The first-order valence-corrected chi connectivity index (χ1v) is 13.4. The molecule has 196 valence electrons. The number of aromatic nitrogens is 2. The molecule has 0 saturated carbocycles. The van der Waals surface area contributed by atoms with Gasteiger partial charge in [-0.15, -0.1) is 0 Å². The first-order chi connectivity index (χ1) is 17.2. The van der Waals surface area contributed by atoms with E-state index in [9.17, 15) is 23.1 Å². The van der Waals surface area contributed by atoms with E-state index in [0.717, 1.165) is 4.47 Å². The molecule has 37 heavy (non-hydrogen) atoms. The summed E-state index contributed by atoms with van der Waals surface area (Å²) in [5.41, 5.74) is 6.19. The summed E-state index contributed by atoms with van der Waals surface area (Å²) in [7, 11) is -4.29. The van der Waals surface area contributed by atoms with Gasteiger partial charge in [0.1, 0.15) is 5.60 Å². The highest BCUT2D eigenvalue weighted by atomic mass is 79.9.